The van der Waals surface area contributed by atoms with Gasteiger partial charge < -0.3 is 20.8 Å². The van der Waals surface area contributed by atoms with Crippen LogP contribution in [0.2, 0.25) is 0 Å². The van der Waals surface area contributed by atoms with E-state index in [1.807, 2.05) is 182 Å². The highest BCUT2D eigenvalue weighted by atomic mass is 16.3. The third-order valence-electron chi connectivity index (χ3n) is 11.5. The summed E-state index contributed by atoms with van der Waals surface area (Å²) >= 11 is 0. The second kappa shape index (κ2) is 18.0. The van der Waals surface area contributed by atoms with Gasteiger partial charge in [0.2, 0.25) is 11.8 Å². The number of carbonyl (C=O) groups excluding carboxylic acids is 2. The molecule has 1 fully saturated rings. The Kier molecular flexibility index (Phi) is 12.4. The predicted octanol–water partition coefficient (Wildman–Crippen LogP) is 7.65. The highest BCUT2D eigenvalue weighted by molar-refractivity contribution is 6.08. The van der Waals surface area contributed by atoms with Gasteiger partial charge in [-0.1, -0.05) is 182 Å². The van der Waals surface area contributed by atoms with Crippen LogP contribution in [0.4, 0.5) is 0 Å². The molecule has 290 valence electrons. The Morgan fingerprint density at radius 1 is 0.421 bits per heavy atom. The molecule has 1 aliphatic rings. The van der Waals surface area contributed by atoms with Crippen LogP contribution < -0.4 is 10.6 Å². The molecule has 0 aromatic heterocycles. The van der Waals surface area contributed by atoms with Crippen LogP contribution in [0.25, 0.3) is 0 Å². The van der Waals surface area contributed by atoms with E-state index >= 15 is 0 Å². The molecule has 2 atom stereocenters. The molecular formula is C51H52N2O4. The van der Waals surface area contributed by atoms with Crippen LogP contribution in [0.3, 0.4) is 0 Å². The molecule has 6 aromatic carbocycles. The average Bonchev–Trinajstić information content (AvgIpc) is 4.05. The fourth-order valence-electron chi connectivity index (χ4n) is 8.14. The third-order valence-corrected chi connectivity index (χ3v) is 11.5. The van der Waals surface area contributed by atoms with Crippen LogP contribution in [0.5, 0.6) is 0 Å². The Bertz CT molecular complexity index is 1920. The van der Waals surface area contributed by atoms with Crippen molar-refractivity contribution in [3.05, 3.63) is 215 Å². The standard InChI is InChI=1S/C51H52N2O4/c54-47(52-45(33-39-19-7-1-8-20-39)50(56,35-41-23-11-3-12-24-41)36-42-25-13-4-14-26-42)49(31-32-49)48(55)53-46(34-40-21-9-2-10-22-40)51(57,37-43-27-15-5-16-28-43)38-44-29-17-6-18-30-44/h1-30,45-46,56-57H,31-38H2,(H,52,54)(H,53,55)/t45-,46-/m1/s1. The molecule has 57 heavy (non-hydrogen) atoms. The zero-order valence-corrected chi connectivity index (χ0v) is 32.3. The minimum Gasteiger partial charge on any atom is -0.387 e. The maximum absolute atomic E-state index is 14.7. The van der Waals surface area contributed by atoms with Crippen LogP contribution in [-0.4, -0.2) is 45.3 Å². The van der Waals surface area contributed by atoms with E-state index in [1.165, 1.54) is 0 Å². The van der Waals surface area contributed by atoms with Gasteiger partial charge in [0.1, 0.15) is 5.41 Å². The molecule has 0 aliphatic heterocycles. The molecule has 2 amide bonds. The molecule has 6 heteroatoms. The van der Waals surface area contributed by atoms with Crippen LogP contribution in [-0.2, 0) is 48.1 Å². The maximum Gasteiger partial charge on any atom is 0.236 e. The summed E-state index contributed by atoms with van der Waals surface area (Å²) in [5.74, 6) is -0.817. The van der Waals surface area contributed by atoms with E-state index < -0.39 is 40.5 Å². The topological polar surface area (TPSA) is 98.7 Å². The lowest BCUT2D eigenvalue weighted by atomic mass is 9.78. The second-order valence-electron chi connectivity index (χ2n) is 15.9. The average molecular weight is 757 g/mol. The first-order valence-corrected chi connectivity index (χ1v) is 20.0. The molecule has 1 saturated carbocycles. The largest absolute Gasteiger partial charge is 0.387 e. The SMILES string of the molecule is O=C(N[C@H](Cc1ccccc1)C(O)(Cc1ccccc1)Cc1ccccc1)C1(C(=O)N[C@H](Cc2ccccc2)C(O)(Cc2ccccc2)Cc2ccccc2)CC1. The number of amides is 2. The monoisotopic (exact) mass is 756 g/mol. The molecule has 7 rings (SSSR count). The number of rotatable bonds is 18. The first-order chi connectivity index (χ1) is 27.7. The van der Waals surface area contributed by atoms with Crippen molar-refractivity contribution in [1.82, 2.24) is 10.6 Å². The molecule has 6 aromatic rings. The van der Waals surface area contributed by atoms with Crippen molar-refractivity contribution in [1.29, 1.82) is 0 Å². The molecular weight excluding hydrogens is 705 g/mol. The Morgan fingerprint density at radius 2 is 0.649 bits per heavy atom. The van der Waals surface area contributed by atoms with Gasteiger partial charge in [0.25, 0.3) is 0 Å². The summed E-state index contributed by atoms with van der Waals surface area (Å²) in [7, 11) is 0. The molecule has 4 N–H and O–H groups in total. The van der Waals surface area contributed by atoms with Crippen molar-refractivity contribution in [3.63, 3.8) is 0 Å². The lowest BCUT2D eigenvalue weighted by molar-refractivity contribution is -0.140. The quantitative estimate of drug-likeness (QED) is 0.0678. The molecule has 0 spiro atoms. The lowest BCUT2D eigenvalue weighted by Gasteiger charge is -2.39. The minimum atomic E-state index is -1.40. The number of carbonyl (C=O) groups is 2. The summed E-state index contributed by atoms with van der Waals surface area (Å²) in [6.07, 6.45) is 2.65. The summed E-state index contributed by atoms with van der Waals surface area (Å²) in [6, 6.07) is 57.6. The maximum atomic E-state index is 14.7. The Balaban J connectivity index is 1.21. The fraction of sp³-hybridized carbons (Fsp3) is 0.255. The van der Waals surface area contributed by atoms with Crippen LogP contribution in [0, 0.1) is 5.41 Å². The molecule has 0 saturated heterocycles. The first-order valence-electron chi connectivity index (χ1n) is 20.0. The van der Waals surface area contributed by atoms with E-state index in [-0.39, 0.29) is 0 Å². The summed E-state index contributed by atoms with van der Waals surface area (Å²) in [6.45, 7) is 0. The molecule has 0 bridgehead atoms. The van der Waals surface area contributed by atoms with Crippen LogP contribution in [0.1, 0.15) is 46.2 Å². The molecule has 1 aliphatic carbocycles. The van der Waals surface area contributed by atoms with Crippen LogP contribution in [0.15, 0.2) is 182 Å². The number of hydrogen-bond donors (Lipinski definition) is 4. The summed E-state index contributed by atoms with van der Waals surface area (Å²) in [5.41, 5.74) is 1.57. The summed E-state index contributed by atoms with van der Waals surface area (Å²) in [5, 5.41) is 32.2. The van der Waals surface area contributed by atoms with Gasteiger partial charge in [-0.15, -0.1) is 0 Å². The zero-order chi connectivity index (χ0) is 39.6. The predicted molar refractivity (Wildman–Crippen MR) is 226 cm³/mol. The van der Waals surface area contributed by atoms with E-state index in [9.17, 15) is 19.8 Å². The number of benzene rings is 6. The summed E-state index contributed by atoms with van der Waals surface area (Å²) in [4.78, 5) is 29.5. The highest BCUT2D eigenvalue weighted by Gasteiger charge is 2.58. The van der Waals surface area contributed by atoms with Crippen molar-refractivity contribution in [3.8, 4) is 0 Å². The molecule has 0 radical (unpaired) electrons. The van der Waals surface area contributed by atoms with Crippen LogP contribution >= 0.6 is 0 Å². The van der Waals surface area contributed by atoms with Gasteiger partial charge in [0, 0.05) is 25.7 Å². The van der Waals surface area contributed by atoms with E-state index in [0.717, 1.165) is 33.4 Å². The molecule has 6 nitrogen and oxygen atoms in total. The van der Waals surface area contributed by atoms with E-state index in [1.54, 1.807) is 0 Å². The smallest absolute Gasteiger partial charge is 0.236 e. The number of aliphatic hydroxyl groups is 2. The van der Waals surface area contributed by atoms with Gasteiger partial charge in [0.15, 0.2) is 0 Å². The Labute approximate surface area is 336 Å². The number of hydrogen-bond acceptors (Lipinski definition) is 4. The van der Waals surface area contributed by atoms with Crippen molar-refractivity contribution in [2.24, 2.45) is 5.41 Å². The van der Waals surface area contributed by atoms with E-state index in [2.05, 4.69) is 10.6 Å². The second-order valence-corrected chi connectivity index (χ2v) is 15.9. The lowest BCUT2D eigenvalue weighted by Crippen LogP contribution is -2.61. The summed E-state index contributed by atoms with van der Waals surface area (Å²) < 4.78 is 0. The third kappa shape index (κ3) is 10.1. The van der Waals surface area contributed by atoms with Gasteiger partial charge in [-0.05, 0) is 59.1 Å². The Morgan fingerprint density at radius 3 is 0.877 bits per heavy atom. The van der Waals surface area contributed by atoms with Crippen molar-refractivity contribution >= 4 is 11.8 Å². The van der Waals surface area contributed by atoms with E-state index in [4.69, 9.17) is 0 Å². The first kappa shape index (κ1) is 39.4. The van der Waals surface area contributed by atoms with Crippen molar-refractivity contribution in [2.75, 3.05) is 0 Å². The fourth-order valence-corrected chi connectivity index (χ4v) is 8.14. The zero-order valence-electron chi connectivity index (χ0n) is 32.3. The van der Waals surface area contributed by atoms with Gasteiger partial charge in [-0.3, -0.25) is 9.59 Å². The minimum absolute atomic E-state index is 0.296. The van der Waals surface area contributed by atoms with Gasteiger partial charge >= 0.3 is 0 Å². The van der Waals surface area contributed by atoms with E-state index in [0.29, 0.717) is 51.4 Å². The van der Waals surface area contributed by atoms with Gasteiger partial charge in [-0.2, -0.15) is 0 Å². The normalized spacial score (nSPS) is 14.6. The van der Waals surface area contributed by atoms with Crippen molar-refractivity contribution < 1.29 is 19.8 Å². The van der Waals surface area contributed by atoms with Crippen molar-refractivity contribution in [2.45, 2.75) is 74.7 Å². The van der Waals surface area contributed by atoms with Gasteiger partial charge in [0.05, 0.1) is 23.3 Å². The highest BCUT2D eigenvalue weighted by Crippen LogP contribution is 2.47. The molecule has 0 unspecified atom stereocenters. The Hall–Kier alpha value is -5.82. The molecule has 0 heterocycles. The van der Waals surface area contributed by atoms with Gasteiger partial charge in [-0.25, -0.2) is 0 Å². The number of nitrogens with one attached hydrogen (secondary N) is 2.